The lowest BCUT2D eigenvalue weighted by molar-refractivity contribution is -0.131. The molecule has 0 saturated carbocycles. The molecule has 0 N–H and O–H groups in total. The Bertz CT molecular complexity index is 506. The largest absolute Gasteiger partial charge is 0.338 e. The SMILES string of the molecule is C=CCN1C[C@@H](CSc2ccccc2)[C@H](CC(C)(C)C)C1=O. The molecule has 22 heavy (non-hydrogen) atoms. The smallest absolute Gasteiger partial charge is 0.226 e. The van der Waals surface area contributed by atoms with Crippen molar-refractivity contribution < 1.29 is 4.79 Å². The molecule has 1 aliphatic heterocycles. The minimum Gasteiger partial charge on any atom is -0.338 e. The van der Waals surface area contributed by atoms with E-state index in [4.69, 9.17) is 0 Å². The number of carbonyl (C=O) groups is 1. The lowest BCUT2D eigenvalue weighted by Gasteiger charge is -2.25. The van der Waals surface area contributed by atoms with E-state index >= 15 is 0 Å². The molecule has 1 amide bonds. The predicted molar refractivity (Wildman–Crippen MR) is 95.0 cm³/mol. The van der Waals surface area contributed by atoms with Crippen LogP contribution in [0.3, 0.4) is 0 Å². The fraction of sp³-hybridized carbons (Fsp3) is 0.526. The first-order valence-corrected chi connectivity index (χ1v) is 8.97. The number of hydrogen-bond acceptors (Lipinski definition) is 2. The fourth-order valence-corrected chi connectivity index (χ4v) is 4.15. The summed E-state index contributed by atoms with van der Waals surface area (Å²) in [5.41, 5.74) is 0.181. The van der Waals surface area contributed by atoms with Crippen molar-refractivity contribution >= 4 is 17.7 Å². The van der Waals surface area contributed by atoms with E-state index < -0.39 is 0 Å². The molecular formula is C19H27NOS. The van der Waals surface area contributed by atoms with Gasteiger partial charge in [-0.05, 0) is 29.9 Å². The number of likely N-dealkylation sites (tertiary alicyclic amines) is 1. The molecular weight excluding hydrogens is 290 g/mol. The summed E-state index contributed by atoms with van der Waals surface area (Å²) in [5, 5.41) is 0. The highest BCUT2D eigenvalue weighted by atomic mass is 32.2. The first kappa shape index (κ1) is 17.1. The molecule has 1 heterocycles. The van der Waals surface area contributed by atoms with E-state index in [-0.39, 0.29) is 11.3 Å². The zero-order chi connectivity index (χ0) is 16.2. The summed E-state index contributed by atoms with van der Waals surface area (Å²) in [6.45, 7) is 12.0. The third-order valence-electron chi connectivity index (χ3n) is 4.04. The van der Waals surface area contributed by atoms with Crippen LogP contribution in [-0.2, 0) is 4.79 Å². The predicted octanol–water partition coefficient (Wildman–Crippen LogP) is 4.48. The highest BCUT2D eigenvalue weighted by molar-refractivity contribution is 7.99. The van der Waals surface area contributed by atoms with Crippen molar-refractivity contribution in [3.05, 3.63) is 43.0 Å². The minimum absolute atomic E-state index is 0.149. The van der Waals surface area contributed by atoms with Crippen LogP contribution in [0, 0.1) is 17.3 Å². The van der Waals surface area contributed by atoms with E-state index in [1.54, 1.807) is 0 Å². The van der Waals surface area contributed by atoms with Crippen molar-refractivity contribution in [1.29, 1.82) is 0 Å². The number of benzene rings is 1. The quantitative estimate of drug-likeness (QED) is 0.570. The van der Waals surface area contributed by atoms with Crippen LogP contribution in [0.15, 0.2) is 47.9 Å². The molecule has 0 unspecified atom stereocenters. The molecule has 2 atom stereocenters. The number of carbonyl (C=O) groups excluding carboxylic acids is 1. The Kier molecular flexibility index (Phi) is 5.74. The van der Waals surface area contributed by atoms with Gasteiger partial charge < -0.3 is 4.90 Å². The summed E-state index contributed by atoms with van der Waals surface area (Å²) < 4.78 is 0. The lowest BCUT2D eigenvalue weighted by atomic mass is 9.80. The maximum absolute atomic E-state index is 12.7. The van der Waals surface area contributed by atoms with Crippen LogP contribution < -0.4 is 0 Å². The number of nitrogens with zero attached hydrogens (tertiary/aromatic N) is 1. The molecule has 3 heteroatoms. The van der Waals surface area contributed by atoms with Gasteiger partial charge in [-0.1, -0.05) is 45.0 Å². The second kappa shape index (κ2) is 7.36. The first-order chi connectivity index (χ1) is 10.4. The van der Waals surface area contributed by atoms with Gasteiger partial charge >= 0.3 is 0 Å². The van der Waals surface area contributed by atoms with Gasteiger partial charge in [-0.15, -0.1) is 18.3 Å². The Labute approximate surface area is 139 Å². The van der Waals surface area contributed by atoms with Crippen LogP contribution in [-0.4, -0.2) is 29.6 Å². The number of rotatable bonds is 6. The average Bonchev–Trinajstić information content (AvgIpc) is 2.74. The monoisotopic (exact) mass is 317 g/mol. The van der Waals surface area contributed by atoms with Crippen LogP contribution in [0.2, 0.25) is 0 Å². The van der Waals surface area contributed by atoms with Gasteiger partial charge in [-0.25, -0.2) is 0 Å². The second-order valence-electron chi connectivity index (χ2n) is 7.29. The lowest BCUT2D eigenvalue weighted by Crippen LogP contribution is -2.29. The third kappa shape index (κ3) is 4.64. The summed E-state index contributed by atoms with van der Waals surface area (Å²) in [6.07, 6.45) is 2.79. The van der Waals surface area contributed by atoms with Gasteiger partial charge in [0.1, 0.15) is 0 Å². The molecule has 0 aromatic heterocycles. The van der Waals surface area contributed by atoms with Crippen molar-refractivity contribution in [2.45, 2.75) is 32.1 Å². The third-order valence-corrected chi connectivity index (χ3v) is 5.24. The van der Waals surface area contributed by atoms with Gasteiger partial charge in [0.05, 0.1) is 0 Å². The molecule has 1 aromatic carbocycles. The van der Waals surface area contributed by atoms with Crippen LogP contribution in [0.25, 0.3) is 0 Å². The molecule has 1 aliphatic rings. The molecule has 2 rings (SSSR count). The first-order valence-electron chi connectivity index (χ1n) is 7.98. The summed E-state index contributed by atoms with van der Waals surface area (Å²) in [4.78, 5) is 15.9. The maximum Gasteiger partial charge on any atom is 0.226 e. The zero-order valence-electron chi connectivity index (χ0n) is 13.9. The Balaban J connectivity index is 2.05. The van der Waals surface area contributed by atoms with Gasteiger partial charge in [0.15, 0.2) is 0 Å². The summed E-state index contributed by atoms with van der Waals surface area (Å²) in [7, 11) is 0. The van der Waals surface area contributed by atoms with Crippen LogP contribution in [0.1, 0.15) is 27.2 Å². The Morgan fingerprint density at radius 2 is 2.00 bits per heavy atom. The normalized spacial score (nSPS) is 22.1. The Morgan fingerprint density at radius 3 is 2.59 bits per heavy atom. The Morgan fingerprint density at radius 1 is 1.32 bits per heavy atom. The van der Waals surface area contributed by atoms with Gasteiger partial charge in [-0.2, -0.15) is 0 Å². The highest BCUT2D eigenvalue weighted by Crippen LogP contribution is 2.37. The summed E-state index contributed by atoms with van der Waals surface area (Å²) in [5.74, 6) is 1.89. The van der Waals surface area contributed by atoms with Crippen molar-refractivity contribution in [2.75, 3.05) is 18.8 Å². The molecule has 0 spiro atoms. The van der Waals surface area contributed by atoms with Crippen molar-refractivity contribution in [3.8, 4) is 0 Å². The van der Waals surface area contributed by atoms with E-state index in [2.05, 4.69) is 51.6 Å². The molecule has 120 valence electrons. The van der Waals surface area contributed by atoms with Gasteiger partial charge in [0, 0.05) is 29.7 Å². The van der Waals surface area contributed by atoms with E-state index in [1.807, 2.05) is 28.8 Å². The molecule has 1 fully saturated rings. The standard InChI is InChI=1S/C19H27NOS/c1-5-11-20-13-15(14-22-16-9-7-6-8-10-16)17(18(20)21)12-19(2,3)4/h5-10,15,17H,1,11-14H2,2-4H3/t15-,17-/m0/s1. The molecule has 2 nitrogen and oxygen atoms in total. The Hall–Kier alpha value is -1.22. The van der Waals surface area contributed by atoms with Crippen molar-refractivity contribution in [3.63, 3.8) is 0 Å². The topological polar surface area (TPSA) is 20.3 Å². The second-order valence-corrected chi connectivity index (χ2v) is 8.38. The van der Waals surface area contributed by atoms with Crippen molar-refractivity contribution in [2.24, 2.45) is 17.3 Å². The maximum atomic E-state index is 12.7. The fourth-order valence-electron chi connectivity index (χ4n) is 3.06. The van der Waals surface area contributed by atoms with Crippen LogP contribution in [0.4, 0.5) is 0 Å². The van der Waals surface area contributed by atoms with Crippen LogP contribution >= 0.6 is 11.8 Å². The number of hydrogen-bond donors (Lipinski definition) is 0. The molecule has 0 bridgehead atoms. The van der Waals surface area contributed by atoms with E-state index in [9.17, 15) is 4.79 Å². The number of thioether (sulfide) groups is 1. The molecule has 0 aliphatic carbocycles. The van der Waals surface area contributed by atoms with Crippen LogP contribution in [0.5, 0.6) is 0 Å². The summed E-state index contributed by atoms with van der Waals surface area (Å²) >= 11 is 1.86. The van der Waals surface area contributed by atoms with Gasteiger partial charge in [-0.3, -0.25) is 4.79 Å². The van der Waals surface area contributed by atoms with Gasteiger partial charge in [0.25, 0.3) is 0 Å². The van der Waals surface area contributed by atoms with E-state index in [1.165, 1.54) is 4.90 Å². The molecule has 0 radical (unpaired) electrons. The highest BCUT2D eigenvalue weighted by Gasteiger charge is 2.41. The minimum atomic E-state index is 0.149. The van der Waals surface area contributed by atoms with E-state index in [0.29, 0.717) is 18.4 Å². The van der Waals surface area contributed by atoms with Crippen molar-refractivity contribution in [1.82, 2.24) is 4.90 Å². The summed E-state index contributed by atoms with van der Waals surface area (Å²) in [6, 6.07) is 10.5. The molecule has 1 saturated heterocycles. The van der Waals surface area contributed by atoms with E-state index in [0.717, 1.165) is 18.7 Å². The number of amides is 1. The van der Waals surface area contributed by atoms with Gasteiger partial charge in [0.2, 0.25) is 5.91 Å². The average molecular weight is 317 g/mol. The zero-order valence-corrected chi connectivity index (χ0v) is 14.7. The molecule has 1 aromatic rings.